The number of nitrogens with two attached hydrogens (primary N) is 1. The Hall–Kier alpha value is -1.70. The van der Waals surface area contributed by atoms with E-state index in [1.807, 2.05) is 0 Å². The maximum atomic E-state index is 13.5. The van der Waals surface area contributed by atoms with Crippen LogP contribution in [-0.2, 0) is 4.79 Å². The van der Waals surface area contributed by atoms with Crippen LogP contribution in [0.4, 0.5) is 27.6 Å². The summed E-state index contributed by atoms with van der Waals surface area (Å²) in [5, 5.41) is 1.81. The monoisotopic (exact) mass is 308 g/mol. The topological polar surface area (TPSA) is 55.1 Å². The van der Waals surface area contributed by atoms with Crippen molar-refractivity contribution < 1.29 is 26.7 Å². The Balaban J connectivity index is 2.38. The minimum atomic E-state index is -2.27. The highest BCUT2D eigenvalue weighted by atomic mass is 19.2. The van der Waals surface area contributed by atoms with Crippen LogP contribution in [0, 0.1) is 34.5 Å². The summed E-state index contributed by atoms with van der Waals surface area (Å²) >= 11 is 0. The first-order valence-electron chi connectivity index (χ1n) is 6.37. The highest BCUT2D eigenvalue weighted by Crippen LogP contribution is 2.39. The summed E-state index contributed by atoms with van der Waals surface area (Å²) in [6.07, 6.45) is 2.24. The Morgan fingerprint density at radius 1 is 0.952 bits per heavy atom. The van der Waals surface area contributed by atoms with E-state index in [1.165, 1.54) is 0 Å². The molecule has 0 radical (unpaired) electrons. The Bertz CT molecular complexity index is 555. The zero-order valence-corrected chi connectivity index (χ0v) is 10.9. The molecule has 0 bridgehead atoms. The molecule has 0 heterocycles. The van der Waals surface area contributed by atoms with Crippen molar-refractivity contribution in [2.75, 3.05) is 11.9 Å². The van der Waals surface area contributed by atoms with E-state index < -0.39 is 46.1 Å². The molecule has 0 saturated heterocycles. The fraction of sp³-hybridized carbons (Fsp3) is 0.462. The van der Waals surface area contributed by atoms with Gasteiger partial charge in [-0.15, -0.1) is 0 Å². The van der Waals surface area contributed by atoms with Gasteiger partial charge in [-0.3, -0.25) is 4.79 Å². The van der Waals surface area contributed by atoms with Gasteiger partial charge in [0.25, 0.3) is 0 Å². The van der Waals surface area contributed by atoms with Gasteiger partial charge in [-0.05, 0) is 12.8 Å². The maximum absolute atomic E-state index is 13.5. The standard InChI is InChI=1S/C13H13F5N2O/c14-6-7(15)9(17)11(10(18)8(6)16)20-12(21)13(5-19)3-1-2-4-13/h1-5,19H2,(H,20,21). The molecule has 1 fully saturated rings. The van der Waals surface area contributed by atoms with Crippen molar-refractivity contribution in [2.24, 2.45) is 11.1 Å². The third-order valence-electron chi connectivity index (χ3n) is 3.88. The van der Waals surface area contributed by atoms with Gasteiger partial charge in [-0.25, -0.2) is 22.0 Å². The summed E-state index contributed by atoms with van der Waals surface area (Å²) in [6.45, 7) is -0.0613. The summed E-state index contributed by atoms with van der Waals surface area (Å²) in [4.78, 5) is 12.1. The van der Waals surface area contributed by atoms with E-state index in [2.05, 4.69) is 0 Å². The highest BCUT2D eigenvalue weighted by Gasteiger charge is 2.41. The molecule has 0 atom stereocenters. The minimum Gasteiger partial charge on any atom is -0.329 e. The molecule has 3 nitrogen and oxygen atoms in total. The van der Waals surface area contributed by atoms with Crippen LogP contribution in [0.2, 0.25) is 0 Å². The van der Waals surface area contributed by atoms with Crippen molar-refractivity contribution >= 4 is 11.6 Å². The van der Waals surface area contributed by atoms with Crippen molar-refractivity contribution in [3.8, 4) is 0 Å². The van der Waals surface area contributed by atoms with Gasteiger partial charge < -0.3 is 11.1 Å². The quantitative estimate of drug-likeness (QED) is 0.512. The molecule has 116 valence electrons. The molecule has 1 amide bonds. The molecule has 0 aliphatic heterocycles. The van der Waals surface area contributed by atoms with Crippen molar-refractivity contribution in [3.05, 3.63) is 29.1 Å². The SMILES string of the molecule is NCC1(C(=O)Nc2c(F)c(F)c(F)c(F)c2F)CCCC1. The van der Waals surface area contributed by atoms with Gasteiger partial charge in [0.1, 0.15) is 5.69 Å². The number of hydrogen-bond donors (Lipinski definition) is 2. The van der Waals surface area contributed by atoms with Crippen molar-refractivity contribution in [1.29, 1.82) is 0 Å². The Morgan fingerprint density at radius 2 is 1.38 bits per heavy atom. The number of halogens is 5. The molecule has 0 unspecified atom stereocenters. The summed E-state index contributed by atoms with van der Waals surface area (Å²) in [6, 6.07) is 0. The van der Waals surface area contributed by atoms with E-state index in [0.717, 1.165) is 0 Å². The third kappa shape index (κ3) is 2.48. The lowest BCUT2D eigenvalue weighted by molar-refractivity contribution is -0.124. The number of rotatable bonds is 3. The number of carbonyl (C=O) groups is 1. The molecule has 21 heavy (non-hydrogen) atoms. The second kappa shape index (κ2) is 5.59. The maximum Gasteiger partial charge on any atom is 0.232 e. The lowest BCUT2D eigenvalue weighted by Crippen LogP contribution is -2.40. The van der Waals surface area contributed by atoms with E-state index in [1.54, 1.807) is 5.32 Å². The molecule has 1 aromatic carbocycles. The van der Waals surface area contributed by atoms with Crippen LogP contribution in [0.3, 0.4) is 0 Å². The molecule has 1 aliphatic rings. The average molecular weight is 308 g/mol. The Kier molecular flexibility index (Phi) is 4.18. The van der Waals surface area contributed by atoms with Crippen LogP contribution >= 0.6 is 0 Å². The molecule has 0 aromatic heterocycles. The van der Waals surface area contributed by atoms with E-state index in [0.29, 0.717) is 25.7 Å². The molecule has 1 saturated carbocycles. The number of amides is 1. The first kappa shape index (κ1) is 15.7. The van der Waals surface area contributed by atoms with Gasteiger partial charge in [-0.2, -0.15) is 0 Å². The van der Waals surface area contributed by atoms with Crippen LogP contribution in [0.15, 0.2) is 0 Å². The average Bonchev–Trinajstić information content (AvgIpc) is 2.97. The molecule has 2 rings (SSSR count). The largest absolute Gasteiger partial charge is 0.329 e. The number of nitrogens with one attached hydrogen (secondary N) is 1. The van der Waals surface area contributed by atoms with Crippen molar-refractivity contribution in [1.82, 2.24) is 0 Å². The zero-order chi connectivity index (χ0) is 15.8. The fourth-order valence-electron chi connectivity index (χ4n) is 2.54. The molecule has 1 aliphatic carbocycles. The lowest BCUT2D eigenvalue weighted by atomic mass is 9.85. The molecular weight excluding hydrogens is 295 g/mol. The van der Waals surface area contributed by atoms with Gasteiger partial charge in [0.15, 0.2) is 23.3 Å². The number of carbonyl (C=O) groups excluding carboxylic acids is 1. The number of hydrogen-bond acceptors (Lipinski definition) is 2. The Labute approximate surface area is 117 Å². The van der Waals surface area contributed by atoms with Crippen LogP contribution < -0.4 is 11.1 Å². The van der Waals surface area contributed by atoms with Crippen LogP contribution in [0.25, 0.3) is 0 Å². The third-order valence-corrected chi connectivity index (χ3v) is 3.88. The highest BCUT2D eigenvalue weighted by molar-refractivity contribution is 5.96. The predicted molar refractivity (Wildman–Crippen MR) is 64.8 cm³/mol. The second-order valence-electron chi connectivity index (χ2n) is 5.09. The molecule has 3 N–H and O–H groups in total. The number of anilines is 1. The van der Waals surface area contributed by atoms with Gasteiger partial charge >= 0.3 is 0 Å². The van der Waals surface area contributed by atoms with E-state index in [9.17, 15) is 26.7 Å². The molecule has 1 aromatic rings. The summed E-state index contributed by atoms with van der Waals surface area (Å²) < 4.78 is 66.1. The van der Waals surface area contributed by atoms with E-state index in [4.69, 9.17) is 5.73 Å². The Morgan fingerprint density at radius 3 is 1.81 bits per heavy atom. The van der Waals surface area contributed by atoms with Gasteiger partial charge in [-0.1, -0.05) is 12.8 Å². The normalized spacial score (nSPS) is 17.0. The first-order chi connectivity index (χ1) is 9.84. The zero-order valence-electron chi connectivity index (χ0n) is 10.9. The van der Waals surface area contributed by atoms with Gasteiger partial charge in [0, 0.05) is 6.54 Å². The second-order valence-corrected chi connectivity index (χ2v) is 5.09. The fourth-order valence-corrected chi connectivity index (χ4v) is 2.54. The van der Waals surface area contributed by atoms with Crippen LogP contribution in [0.5, 0.6) is 0 Å². The van der Waals surface area contributed by atoms with E-state index in [-0.39, 0.29) is 6.54 Å². The van der Waals surface area contributed by atoms with Gasteiger partial charge in [0.2, 0.25) is 11.7 Å². The van der Waals surface area contributed by atoms with Crippen molar-refractivity contribution in [2.45, 2.75) is 25.7 Å². The smallest absolute Gasteiger partial charge is 0.232 e. The summed E-state index contributed by atoms with van der Waals surface area (Å²) in [7, 11) is 0. The summed E-state index contributed by atoms with van der Waals surface area (Å²) in [5.74, 6) is -11.4. The lowest BCUT2D eigenvalue weighted by Gasteiger charge is -2.26. The molecular formula is C13H13F5N2O. The van der Waals surface area contributed by atoms with E-state index >= 15 is 0 Å². The van der Waals surface area contributed by atoms with Crippen molar-refractivity contribution in [3.63, 3.8) is 0 Å². The molecule has 0 spiro atoms. The van der Waals surface area contributed by atoms with Gasteiger partial charge in [0.05, 0.1) is 5.41 Å². The van der Waals surface area contributed by atoms with Crippen LogP contribution in [-0.4, -0.2) is 12.5 Å². The summed E-state index contributed by atoms with van der Waals surface area (Å²) in [5.41, 5.74) is 3.16. The van der Waals surface area contributed by atoms with Crippen LogP contribution in [0.1, 0.15) is 25.7 Å². The molecule has 8 heteroatoms. The first-order valence-corrected chi connectivity index (χ1v) is 6.37. The minimum absolute atomic E-state index is 0.0613. The predicted octanol–water partition coefficient (Wildman–Crippen LogP) is 2.84. The number of benzene rings is 1.